The fraction of sp³-hybridized carbons (Fsp3) is 0.355. The third-order valence-electron chi connectivity index (χ3n) is 6.85. The summed E-state index contributed by atoms with van der Waals surface area (Å²) in [5, 5.41) is 2.86. The lowest BCUT2D eigenvalue weighted by Crippen LogP contribution is -2.53. The van der Waals surface area contributed by atoms with Gasteiger partial charge in [0.25, 0.3) is 0 Å². The molecule has 0 saturated carbocycles. The smallest absolute Gasteiger partial charge is 0.244 e. The summed E-state index contributed by atoms with van der Waals surface area (Å²) in [6, 6.07) is 21.1. The van der Waals surface area contributed by atoms with Gasteiger partial charge in [-0.3, -0.25) is 13.9 Å². The van der Waals surface area contributed by atoms with Crippen LogP contribution >= 0.6 is 0 Å². The highest BCUT2D eigenvalue weighted by Crippen LogP contribution is 2.35. The molecule has 1 aliphatic rings. The topological polar surface area (TPSA) is 105 Å². The van der Waals surface area contributed by atoms with E-state index >= 15 is 0 Å². The normalized spacial score (nSPS) is 13.2. The average Bonchev–Trinajstić information content (AvgIpc) is 2.98. The van der Waals surface area contributed by atoms with E-state index in [0.29, 0.717) is 31.3 Å². The van der Waals surface area contributed by atoms with Crippen LogP contribution in [0.2, 0.25) is 0 Å². The maximum absolute atomic E-state index is 14.2. The van der Waals surface area contributed by atoms with Crippen molar-refractivity contribution in [2.45, 2.75) is 39.8 Å². The highest BCUT2D eigenvalue weighted by Gasteiger charge is 2.33. The number of likely N-dealkylation sites (N-methyl/N-ethyl adjacent to an activating group) is 1. The lowest BCUT2D eigenvalue weighted by Gasteiger charge is -2.34. The molecule has 1 heterocycles. The summed E-state index contributed by atoms with van der Waals surface area (Å²) in [7, 11) is -3.87. The molecule has 1 aliphatic heterocycles. The standard InChI is InChI=1S/C31H37N3O6S/c1-4-32-31(36)27(19-24-11-7-6-8-12-24)33(21-25-13-9-10-23(3)18-25)30(35)22-34(41(37,38)5-2)26-14-15-28-29(20-26)40-17-16-39-28/h6-15,18,20,27H,4-5,16-17,19,21-22H2,1-3H3,(H,32,36). The maximum atomic E-state index is 14.2. The van der Waals surface area contributed by atoms with Crippen molar-refractivity contribution in [2.75, 3.05) is 36.4 Å². The number of carbonyl (C=O) groups excluding carboxylic acids is 2. The highest BCUT2D eigenvalue weighted by molar-refractivity contribution is 7.92. The van der Waals surface area contributed by atoms with Gasteiger partial charge in [0.2, 0.25) is 21.8 Å². The summed E-state index contributed by atoms with van der Waals surface area (Å²) in [6.07, 6.45) is 0.273. The summed E-state index contributed by atoms with van der Waals surface area (Å²) in [6.45, 7) is 6.10. The summed E-state index contributed by atoms with van der Waals surface area (Å²) in [5.41, 5.74) is 3.03. The van der Waals surface area contributed by atoms with E-state index < -0.39 is 28.5 Å². The van der Waals surface area contributed by atoms with Crippen LogP contribution in [0.1, 0.15) is 30.5 Å². The lowest BCUT2D eigenvalue weighted by molar-refractivity contribution is -0.140. The van der Waals surface area contributed by atoms with Crippen molar-refractivity contribution in [1.29, 1.82) is 0 Å². The van der Waals surface area contributed by atoms with Crippen molar-refractivity contribution in [1.82, 2.24) is 10.2 Å². The van der Waals surface area contributed by atoms with Crippen LogP contribution in [0, 0.1) is 6.92 Å². The van der Waals surface area contributed by atoms with Gasteiger partial charge in [0.1, 0.15) is 25.8 Å². The lowest BCUT2D eigenvalue weighted by atomic mass is 10.0. The van der Waals surface area contributed by atoms with Gasteiger partial charge in [-0.25, -0.2) is 8.42 Å². The number of hydrogen-bond acceptors (Lipinski definition) is 6. The average molecular weight is 580 g/mol. The van der Waals surface area contributed by atoms with Crippen LogP contribution in [0.3, 0.4) is 0 Å². The molecule has 3 aromatic carbocycles. The highest BCUT2D eigenvalue weighted by atomic mass is 32.2. The molecule has 9 nitrogen and oxygen atoms in total. The second kappa shape index (κ2) is 13.5. The molecule has 41 heavy (non-hydrogen) atoms. The number of carbonyl (C=O) groups is 2. The summed E-state index contributed by atoms with van der Waals surface area (Å²) in [4.78, 5) is 29.1. The molecule has 0 radical (unpaired) electrons. The zero-order valence-corrected chi connectivity index (χ0v) is 24.5. The van der Waals surface area contributed by atoms with Crippen LogP contribution in [0.4, 0.5) is 5.69 Å². The van der Waals surface area contributed by atoms with E-state index in [9.17, 15) is 18.0 Å². The Bertz CT molecular complexity index is 1460. The van der Waals surface area contributed by atoms with Gasteiger partial charge in [-0.05, 0) is 44.0 Å². The first-order valence-electron chi connectivity index (χ1n) is 13.8. The van der Waals surface area contributed by atoms with Crippen LogP contribution < -0.4 is 19.1 Å². The minimum atomic E-state index is -3.87. The van der Waals surface area contributed by atoms with Crippen LogP contribution in [0.25, 0.3) is 0 Å². The number of amides is 2. The van der Waals surface area contributed by atoms with Gasteiger partial charge in [-0.1, -0.05) is 60.2 Å². The Morgan fingerprint density at radius 1 is 0.902 bits per heavy atom. The molecule has 2 amide bonds. The van der Waals surface area contributed by atoms with Gasteiger partial charge in [-0.15, -0.1) is 0 Å². The third-order valence-corrected chi connectivity index (χ3v) is 8.59. The van der Waals surface area contributed by atoms with E-state index in [4.69, 9.17) is 9.47 Å². The van der Waals surface area contributed by atoms with Gasteiger partial charge in [0, 0.05) is 25.6 Å². The first-order chi connectivity index (χ1) is 19.7. The summed E-state index contributed by atoms with van der Waals surface area (Å²) >= 11 is 0. The van der Waals surface area contributed by atoms with Crippen molar-refractivity contribution in [3.8, 4) is 11.5 Å². The van der Waals surface area contributed by atoms with Crippen molar-refractivity contribution < 1.29 is 27.5 Å². The van der Waals surface area contributed by atoms with Gasteiger partial charge in [-0.2, -0.15) is 0 Å². The van der Waals surface area contributed by atoms with E-state index in [2.05, 4.69) is 5.32 Å². The molecular formula is C31H37N3O6S. The Kier molecular flexibility index (Phi) is 9.88. The maximum Gasteiger partial charge on any atom is 0.244 e. The molecule has 0 aromatic heterocycles. The number of benzene rings is 3. The molecule has 1 unspecified atom stereocenters. The largest absolute Gasteiger partial charge is 0.486 e. The predicted molar refractivity (Wildman–Crippen MR) is 159 cm³/mol. The number of fused-ring (bicyclic) bond motifs is 1. The fourth-order valence-electron chi connectivity index (χ4n) is 4.76. The first-order valence-corrected chi connectivity index (χ1v) is 15.4. The van der Waals surface area contributed by atoms with Gasteiger partial charge < -0.3 is 19.7 Å². The second-order valence-electron chi connectivity index (χ2n) is 9.85. The SMILES string of the molecule is CCNC(=O)C(Cc1ccccc1)N(Cc1cccc(C)c1)C(=O)CN(c1ccc2c(c1)OCCO2)S(=O)(=O)CC. The minimum absolute atomic E-state index is 0.135. The van der Waals surface area contributed by atoms with E-state index in [1.807, 2.05) is 68.4 Å². The van der Waals surface area contributed by atoms with E-state index in [1.54, 1.807) is 18.2 Å². The Labute approximate surface area is 242 Å². The van der Waals surface area contributed by atoms with Crippen LogP contribution in [-0.4, -0.2) is 63.2 Å². The Morgan fingerprint density at radius 2 is 1.61 bits per heavy atom. The van der Waals surface area contributed by atoms with Gasteiger partial charge in [0.05, 0.1) is 11.4 Å². The van der Waals surface area contributed by atoms with E-state index in [-0.39, 0.29) is 30.3 Å². The van der Waals surface area contributed by atoms with Crippen molar-refractivity contribution >= 4 is 27.5 Å². The Hall–Kier alpha value is -4.05. The quantitative estimate of drug-likeness (QED) is 0.351. The van der Waals surface area contributed by atoms with Gasteiger partial charge >= 0.3 is 0 Å². The van der Waals surface area contributed by atoms with Crippen molar-refractivity contribution in [3.63, 3.8) is 0 Å². The van der Waals surface area contributed by atoms with E-state index in [0.717, 1.165) is 21.0 Å². The third kappa shape index (κ3) is 7.58. The zero-order chi connectivity index (χ0) is 29.4. The molecule has 0 fully saturated rings. The molecule has 218 valence electrons. The summed E-state index contributed by atoms with van der Waals surface area (Å²) in [5.74, 6) is -0.0814. The van der Waals surface area contributed by atoms with Crippen LogP contribution in [0.15, 0.2) is 72.8 Å². The van der Waals surface area contributed by atoms with Crippen molar-refractivity contribution in [3.05, 3.63) is 89.5 Å². The first kappa shape index (κ1) is 29.9. The molecular weight excluding hydrogens is 542 g/mol. The number of nitrogens with zero attached hydrogens (tertiary/aromatic N) is 2. The number of sulfonamides is 1. The minimum Gasteiger partial charge on any atom is -0.486 e. The number of rotatable bonds is 12. The molecule has 0 aliphatic carbocycles. The Balaban J connectivity index is 1.74. The number of ether oxygens (including phenoxy) is 2. The molecule has 1 atom stereocenters. The second-order valence-corrected chi connectivity index (χ2v) is 12.0. The van der Waals surface area contributed by atoms with Crippen LogP contribution in [-0.2, 0) is 32.6 Å². The van der Waals surface area contributed by atoms with Crippen LogP contribution in [0.5, 0.6) is 11.5 Å². The van der Waals surface area contributed by atoms with Crippen molar-refractivity contribution in [2.24, 2.45) is 0 Å². The van der Waals surface area contributed by atoms with Gasteiger partial charge in [0.15, 0.2) is 11.5 Å². The Morgan fingerprint density at radius 3 is 2.29 bits per heavy atom. The molecule has 0 bridgehead atoms. The molecule has 1 N–H and O–H groups in total. The molecule has 3 aromatic rings. The molecule has 4 rings (SSSR count). The monoisotopic (exact) mass is 579 g/mol. The predicted octanol–water partition coefficient (Wildman–Crippen LogP) is 3.70. The molecule has 0 spiro atoms. The fourth-order valence-corrected chi connectivity index (χ4v) is 5.81. The number of anilines is 1. The number of nitrogens with one attached hydrogen (secondary N) is 1. The zero-order valence-electron chi connectivity index (χ0n) is 23.7. The number of aryl methyl sites for hydroxylation is 1. The summed E-state index contributed by atoms with van der Waals surface area (Å²) < 4.78 is 39.0. The number of hydrogen-bond donors (Lipinski definition) is 1. The van der Waals surface area contributed by atoms with E-state index in [1.165, 1.54) is 11.8 Å². The molecule has 10 heteroatoms. The molecule has 0 saturated heterocycles.